The molecule has 0 saturated heterocycles. The maximum absolute atomic E-state index is 12.3. The Balaban J connectivity index is 1.54. The summed E-state index contributed by atoms with van der Waals surface area (Å²) in [4.78, 5) is 34.7. The number of nitrogens with zero attached hydrogens (tertiary/aromatic N) is 3. The van der Waals surface area contributed by atoms with Gasteiger partial charge < -0.3 is 10.1 Å². The van der Waals surface area contributed by atoms with E-state index >= 15 is 0 Å². The molecule has 12 heteroatoms. The SMILES string of the molecule is COc1cccc(C(=O)NCCc2nnc(NC(=O)c3ccc([N+](=O)[O-])cc3Cl)s2)c1. The number of nitro benzene ring substituents is 1. The minimum atomic E-state index is -0.600. The number of methoxy groups -OCH3 is 1. The van der Waals surface area contributed by atoms with E-state index in [2.05, 4.69) is 20.8 Å². The van der Waals surface area contributed by atoms with Crippen LogP contribution >= 0.6 is 22.9 Å². The quantitative estimate of drug-likeness (QED) is 0.387. The second-order valence-electron chi connectivity index (χ2n) is 6.11. The van der Waals surface area contributed by atoms with Gasteiger partial charge in [0.15, 0.2) is 0 Å². The lowest BCUT2D eigenvalue weighted by Crippen LogP contribution is -2.25. The van der Waals surface area contributed by atoms with Crippen molar-refractivity contribution in [2.75, 3.05) is 19.0 Å². The second kappa shape index (κ2) is 9.96. The summed E-state index contributed by atoms with van der Waals surface area (Å²) in [5, 5.41) is 24.8. The number of nitrogens with one attached hydrogen (secondary N) is 2. The Labute approximate surface area is 185 Å². The van der Waals surface area contributed by atoms with Crippen molar-refractivity contribution in [3.8, 4) is 5.75 Å². The van der Waals surface area contributed by atoms with Gasteiger partial charge in [-0.15, -0.1) is 10.2 Å². The highest BCUT2D eigenvalue weighted by Crippen LogP contribution is 2.24. The Morgan fingerprint density at radius 1 is 1.19 bits per heavy atom. The lowest BCUT2D eigenvalue weighted by atomic mass is 10.2. The first-order valence-corrected chi connectivity index (χ1v) is 10.1. The van der Waals surface area contributed by atoms with Crippen LogP contribution in [0.4, 0.5) is 10.8 Å². The van der Waals surface area contributed by atoms with E-state index in [0.717, 1.165) is 17.4 Å². The van der Waals surface area contributed by atoms with Crippen molar-refractivity contribution in [2.45, 2.75) is 6.42 Å². The zero-order chi connectivity index (χ0) is 22.4. The van der Waals surface area contributed by atoms with E-state index < -0.39 is 10.8 Å². The van der Waals surface area contributed by atoms with Crippen LogP contribution in [0.25, 0.3) is 0 Å². The van der Waals surface area contributed by atoms with Crippen LogP contribution in [0.5, 0.6) is 5.75 Å². The van der Waals surface area contributed by atoms with Crippen LogP contribution in [0.1, 0.15) is 25.7 Å². The Morgan fingerprint density at radius 2 is 2.00 bits per heavy atom. The molecule has 3 rings (SSSR count). The lowest BCUT2D eigenvalue weighted by Gasteiger charge is -2.05. The fourth-order valence-electron chi connectivity index (χ4n) is 2.52. The maximum atomic E-state index is 12.3. The van der Waals surface area contributed by atoms with Gasteiger partial charge in [-0.1, -0.05) is 29.0 Å². The number of nitro groups is 1. The normalized spacial score (nSPS) is 10.4. The van der Waals surface area contributed by atoms with Crippen LogP contribution in [0.15, 0.2) is 42.5 Å². The van der Waals surface area contributed by atoms with Crippen molar-refractivity contribution in [1.82, 2.24) is 15.5 Å². The van der Waals surface area contributed by atoms with E-state index in [1.54, 1.807) is 24.3 Å². The largest absolute Gasteiger partial charge is 0.497 e. The smallest absolute Gasteiger partial charge is 0.270 e. The number of hydrogen-bond donors (Lipinski definition) is 2. The van der Waals surface area contributed by atoms with E-state index in [1.165, 1.54) is 19.2 Å². The first kappa shape index (κ1) is 22.1. The number of ether oxygens (including phenoxy) is 1. The fourth-order valence-corrected chi connectivity index (χ4v) is 3.52. The van der Waals surface area contributed by atoms with E-state index in [4.69, 9.17) is 16.3 Å². The van der Waals surface area contributed by atoms with Gasteiger partial charge in [0.25, 0.3) is 17.5 Å². The molecule has 2 aromatic carbocycles. The third-order valence-electron chi connectivity index (χ3n) is 4.05. The minimum Gasteiger partial charge on any atom is -0.497 e. The molecule has 0 bridgehead atoms. The molecule has 0 saturated carbocycles. The van der Waals surface area contributed by atoms with Gasteiger partial charge in [-0.2, -0.15) is 0 Å². The highest BCUT2D eigenvalue weighted by molar-refractivity contribution is 7.15. The topological polar surface area (TPSA) is 136 Å². The van der Waals surface area contributed by atoms with Crippen molar-refractivity contribution in [2.24, 2.45) is 0 Å². The molecule has 2 N–H and O–H groups in total. The molecular weight excluding hydrogens is 446 g/mol. The lowest BCUT2D eigenvalue weighted by molar-refractivity contribution is -0.384. The average molecular weight is 462 g/mol. The summed E-state index contributed by atoms with van der Waals surface area (Å²) >= 11 is 7.11. The van der Waals surface area contributed by atoms with Crippen molar-refractivity contribution in [1.29, 1.82) is 0 Å². The van der Waals surface area contributed by atoms with Gasteiger partial charge in [-0.25, -0.2) is 0 Å². The third kappa shape index (κ3) is 5.74. The fraction of sp³-hybridized carbons (Fsp3) is 0.158. The maximum Gasteiger partial charge on any atom is 0.270 e. The number of non-ortho nitro benzene ring substituents is 1. The van der Waals surface area contributed by atoms with Crippen molar-refractivity contribution >= 4 is 45.6 Å². The van der Waals surface area contributed by atoms with Crippen LogP contribution in [0.2, 0.25) is 5.02 Å². The molecule has 0 aliphatic heterocycles. The van der Waals surface area contributed by atoms with Gasteiger partial charge >= 0.3 is 0 Å². The zero-order valence-electron chi connectivity index (χ0n) is 16.1. The number of carbonyl (C=O) groups excluding carboxylic acids is 2. The number of benzene rings is 2. The van der Waals surface area contributed by atoms with Gasteiger partial charge in [0, 0.05) is 30.7 Å². The Bertz CT molecular complexity index is 1140. The molecular formula is C19H16ClN5O5S. The summed E-state index contributed by atoms with van der Waals surface area (Å²) in [7, 11) is 1.53. The first-order valence-electron chi connectivity index (χ1n) is 8.87. The molecule has 1 heterocycles. The predicted molar refractivity (Wildman–Crippen MR) is 115 cm³/mol. The first-order chi connectivity index (χ1) is 14.9. The van der Waals surface area contributed by atoms with Gasteiger partial charge in [-0.3, -0.25) is 25.0 Å². The van der Waals surface area contributed by atoms with Gasteiger partial charge in [0.2, 0.25) is 5.13 Å². The van der Waals surface area contributed by atoms with Crippen LogP contribution in [-0.4, -0.2) is 40.6 Å². The third-order valence-corrected chi connectivity index (χ3v) is 5.26. The molecule has 0 aliphatic carbocycles. The van der Waals surface area contributed by atoms with E-state index in [9.17, 15) is 19.7 Å². The van der Waals surface area contributed by atoms with Gasteiger partial charge in [0.1, 0.15) is 10.8 Å². The Kier molecular flexibility index (Phi) is 7.11. The summed E-state index contributed by atoms with van der Waals surface area (Å²) in [6.45, 7) is 0.326. The molecule has 3 aromatic rings. The molecule has 1 aromatic heterocycles. The summed E-state index contributed by atoms with van der Waals surface area (Å²) in [6.07, 6.45) is 0.418. The monoisotopic (exact) mass is 461 g/mol. The molecule has 2 amide bonds. The average Bonchev–Trinajstić information content (AvgIpc) is 3.20. The molecule has 0 unspecified atom stereocenters. The van der Waals surface area contributed by atoms with Gasteiger partial charge in [-0.05, 0) is 24.3 Å². The summed E-state index contributed by atoms with van der Waals surface area (Å²) in [5.74, 6) is -0.219. The van der Waals surface area contributed by atoms with Crippen molar-refractivity contribution < 1.29 is 19.2 Å². The van der Waals surface area contributed by atoms with E-state index in [0.29, 0.717) is 29.3 Å². The number of anilines is 1. The summed E-state index contributed by atoms with van der Waals surface area (Å²) in [6, 6.07) is 10.4. The molecule has 10 nitrogen and oxygen atoms in total. The number of halogens is 1. The molecule has 0 aliphatic rings. The number of hydrogen-bond acceptors (Lipinski definition) is 8. The Hall–Kier alpha value is -3.57. The molecule has 0 atom stereocenters. The highest BCUT2D eigenvalue weighted by Gasteiger charge is 2.17. The molecule has 31 heavy (non-hydrogen) atoms. The minimum absolute atomic E-state index is 0.0447. The van der Waals surface area contributed by atoms with Crippen LogP contribution in [-0.2, 0) is 6.42 Å². The van der Waals surface area contributed by atoms with Crippen molar-refractivity contribution in [3.63, 3.8) is 0 Å². The number of carbonyl (C=O) groups is 2. The number of aromatic nitrogens is 2. The second-order valence-corrected chi connectivity index (χ2v) is 7.58. The van der Waals surface area contributed by atoms with E-state index in [-0.39, 0.29) is 27.3 Å². The molecule has 160 valence electrons. The van der Waals surface area contributed by atoms with Crippen molar-refractivity contribution in [3.05, 3.63) is 73.7 Å². The highest BCUT2D eigenvalue weighted by atomic mass is 35.5. The zero-order valence-corrected chi connectivity index (χ0v) is 17.7. The molecule has 0 spiro atoms. The molecule has 0 radical (unpaired) electrons. The predicted octanol–water partition coefficient (Wildman–Crippen LogP) is 3.33. The number of amides is 2. The Morgan fingerprint density at radius 3 is 2.71 bits per heavy atom. The standard InChI is InChI=1S/C19H16ClN5O5S/c1-30-13-4-2-3-11(9-13)17(26)21-8-7-16-23-24-19(31-16)22-18(27)14-6-5-12(25(28)29)10-15(14)20/h2-6,9-10H,7-8H2,1H3,(H,21,26)(H,22,24,27). The molecule has 0 fully saturated rings. The van der Waals surface area contributed by atoms with Gasteiger partial charge in [0.05, 0.1) is 22.6 Å². The van der Waals surface area contributed by atoms with Crippen LogP contribution < -0.4 is 15.4 Å². The summed E-state index contributed by atoms with van der Waals surface area (Å²) in [5.41, 5.74) is 0.342. The van der Waals surface area contributed by atoms with Crippen LogP contribution in [0.3, 0.4) is 0 Å². The summed E-state index contributed by atoms with van der Waals surface area (Å²) < 4.78 is 5.10. The van der Waals surface area contributed by atoms with Crippen LogP contribution in [0, 0.1) is 10.1 Å². The van der Waals surface area contributed by atoms with E-state index in [1.807, 2.05) is 0 Å². The number of rotatable bonds is 8.